The van der Waals surface area contributed by atoms with Crippen molar-refractivity contribution in [3.8, 4) is 5.69 Å². The highest BCUT2D eigenvalue weighted by molar-refractivity contribution is 6.10. The van der Waals surface area contributed by atoms with Gasteiger partial charge in [0.2, 0.25) is 0 Å². The standard InChI is InChI=1S/C23H25N3O.ClH/c1-16-8-3-4-11-20(16)26-14-12-19-22(26)18-10-7-9-17(2)21(18)25-23(19)24-13-5-6-15-27;/h3-4,7-12,14,27H,5-6,13,15H2,1-2H3,(H,24,25);1H. The Morgan fingerprint density at radius 2 is 1.71 bits per heavy atom. The van der Waals surface area contributed by atoms with Gasteiger partial charge in [0, 0.05) is 35.8 Å². The second-order valence-corrected chi connectivity index (χ2v) is 7.02. The molecule has 0 unspecified atom stereocenters. The van der Waals surface area contributed by atoms with Gasteiger partial charge in [-0.15, -0.1) is 12.4 Å². The topological polar surface area (TPSA) is 50.1 Å². The van der Waals surface area contributed by atoms with Crippen LogP contribution in [0, 0.1) is 13.8 Å². The van der Waals surface area contributed by atoms with Crippen molar-refractivity contribution in [2.75, 3.05) is 18.5 Å². The summed E-state index contributed by atoms with van der Waals surface area (Å²) >= 11 is 0. The molecule has 5 heteroatoms. The Morgan fingerprint density at radius 3 is 2.50 bits per heavy atom. The fraction of sp³-hybridized carbons (Fsp3) is 0.261. The lowest BCUT2D eigenvalue weighted by Gasteiger charge is -2.14. The second-order valence-electron chi connectivity index (χ2n) is 7.02. The highest BCUT2D eigenvalue weighted by Crippen LogP contribution is 2.34. The number of halogens is 1. The summed E-state index contributed by atoms with van der Waals surface area (Å²) in [6.07, 6.45) is 3.85. The summed E-state index contributed by atoms with van der Waals surface area (Å²) in [5.41, 5.74) is 5.81. The number of benzene rings is 2. The lowest BCUT2D eigenvalue weighted by atomic mass is 10.1. The highest BCUT2D eigenvalue weighted by Gasteiger charge is 2.15. The molecule has 0 aliphatic carbocycles. The molecular weight excluding hydrogens is 370 g/mol. The number of para-hydroxylation sites is 2. The molecule has 0 radical (unpaired) electrons. The van der Waals surface area contributed by atoms with Crippen LogP contribution in [0.5, 0.6) is 0 Å². The molecule has 2 aromatic heterocycles. The number of fused-ring (bicyclic) bond motifs is 3. The number of unbranched alkanes of at least 4 members (excludes halogenated alkanes) is 1. The first-order valence-corrected chi connectivity index (χ1v) is 9.52. The lowest BCUT2D eigenvalue weighted by Crippen LogP contribution is -2.05. The normalized spacial score (nSPS) is 11.0. The number of aliphatic hydroxyl groups is 1. The van der Waals surface area contributed by atoms with Crippen molar-refractivity contribution in [1.82, 2.24) is 9.55 Å². The van der Waals surface area contributed by atoms with Crippen molar-refractivity contribution in [1.29, 1.82) is 0 Å². The summed E-state index contributed by atoms with van der Waals surface area (Å²) < 4.78 is 2.27. The third-order valence-corrected chi connectivity index (χ3v) is 5.11. The minimum atomic E-state index is 0. The van der Waals surface area contributed by atoms with Crippen LogP contribution in [0.3, 0.4) is 0 Å². The largest absolute Gasteiger partial charge is 0.396 e. The van der Waals surface area contributed by atoms with Gasteiger partial charge in [0.1, 0.15) is 5.82 Å². The molecule has 0 amide bonds. The van der Waals surface area contributed by atoms with Crippen LogP contribution in [-0.2, 0) is 0 Å². The average molecular weight is 396 g/mol. The van der Waals surface area contributed by atoms with Crippen molar-refractivity contribution in [2.24, 2.45) is 0 Å². The minimum Gasteiger partial charge on any atom is -0.396 e. The zero-order valence-electron chi connectivity index (χ0n) is 16.3. The lowest BCUT2D eigenvalue weighted by molar-refractivity contribution is 0.286. The molecule has 4 nitrogen and oxygen atoms in total. The van der Waals surface area contributed by atoms with E-state index in [0.717, 1.165) is 36.1 Å². The van der Waals surface area contributed by atoms with Crippen LogP contribution < -0.4 is 5.32 Å². The molecule has 146 valence electrons. The Morgan fingerprint density at radius 1 is 0.929 bits per heavy atom. The number of anilines is 1. The maximum absolute atomic E-state index is 9.02. The van der Waals surface area contributed by atoms with Crippen LogP contribution in [0.1, 0.15) is 24.0 Å². The van der Waals surface area contributed by atoms with Gasteiger partial charge in [-0.3, -0.25) is 0 Å². The van der Waals surface area contributed by atoms with E-state index in [2.05, 4.69) is 78.5 Å². The summed E-state index contributed by atoms with van der Waals surface area (Å²) in [6, 6.07) is 17.0. The van der Waals surface area contributed by atoms with E-state index < -0.39 is 0 Å². The summed E-state index contributed by atoms with van der Waals surface area (Å²) in [7, 11) is 0. The SMILES string of the molecule is Cc1ccccc1-n1ccc2c(NCCCCO)nc3c(C)cccc3c21.Cl. The Balaban J connectivity index is 0.00000225. The van der Waals surface area contributed by atoms with Crippen molar-refractivity contribution in [3.05, 3.63) is 65.9 Å². The molecule has 4 aromatic rings. The second kappa shape index (κ2) is 8.63. The maximum Gasteiger partial charge on any atom is 0.136 e. The summed E-state index contributed by atoms with van der Waals surface area (Å²) in [4.78, 5) is 4.94. The predicted octanol–water partition coefficient (Wildman–Crippen LogP) is 5.40. The average Bonchev–Trinajstić information content (AvgIpc) is 3.12. The van der Waals surface area contributed by atoms with Gasteiger partial charge in [0.25, 0.3) is 0 Å². The van der Waals surface area contributed by atoms with E-state index in [1.165, 1.54) is 27.7 Å². The number of pyridine rings is 1. The molecule has 2 heterocycles. The predicted molar refractivity (Wildman–Crippen MR) is 120 cm³/mol. The Bertz CT molecular complexity index is 1100. The third-order valence-electron chi connectivity index (χ3n) is 5.11. The molecule has 28 heavy (non-hydrogen) atoms. The van der Waals surface area contributed by atoms with E-state index in [1.807, 2.05) is 0 Å². The summed E-state index contributed by atoms with van der Waals surface area (Å²) in [5, 5.41) is 14.8. The Hall–Kier alpha value is -2.56. The van der Waals surface area contributed by atoms with Crippen molar-refractivity contribution < 1.29 is 5.11 Å². The molecule has 0 atom stereocenters. The third kappa shape index (κ3) is 3.58. The molecule has 0 saturated heterocycles. The quantitative estimate of drug-likeness (QED) is 0.429. The molecule has 0 fully saturated rings. The maximum atomic E-state index is 9.02. The number of nitrogens with zero attached hydrogens (tertiary/aromatic N) is 2. The van der Waals surface area contributed by atoms with Crippen LogP contribution in [0.4, 0.5) is 5.82 Å². The number of aryl methyl sites for hydroxylation is 2. The van der Waals surface area contributed by atoms with Crippen LogP contribution in [0.25, 0.3) is 27.5 Å². The number of aromatic nitrogens is 2. The number of hydrogen-bond donors (Lipinski definition) is 2. The van der Waals surface area contributed by atoms with E-state index in [0.29, 0.717) is 0 Å². The van der Waals surface area contributed by atoms with E-state index in [9.17, 15) is 0 Å². The first-order chi connectivity index (χ1) is 13.2. The molecule has 0 aliphatic rings. The van der Waals surface area contributed by atoms with Crippen LogP contribution in [0.15, 0.2) is 54.7 Å². The number of aliphatic hydroxyl groups excluding tert-OH is 1. The van der Waals surface area contributed by atoms with E-state index in [1.54, 1.807) is 0 Å². The van der Waals surface area contributed by atoms with Gasteiger partial charge in [0.15, 0.2) is 0 Å². The fourth-order valence-corrected chi connectivity index (χ4v) is 3.68. The number of rotatable bonds is 6. The molecule has 0 aliphatic heterocycles. The first-order valence-electron chi connectivity index (χ1n) is 9.52. The molecule has 0 bridgehead atoms. The smallest absolute Gasteiger partial charge is 0.136 e. The van der Waals surface area contributed by atoms with Gasteiger partial charge in [-0.05, 0) is 49.9 Å². The molecule has 0 spiro atoms. The van der Waals surface area contributed by atoms with E-state index >= 15 is 0 Å². The van der Waals surface area contributed by atoms with E-state index in [-0.39, 0.29) is 19.0 Å². The highest BCUT2D eigenvalue weighted by atomic mass is 35.5. The Labute approximate surface area is 171 Å². The van der Waals surface area contributed by atoms with Gasteiger partial charge in [-0.2, -0.15) is 0 Å². The summed E-state index contributed by atoms with van der Waals surface area (Å²) in [5.74, 6) is 0.914. The van der Waals surface area contributed by atoms with Gasteiger partial charge in [0.05, 0.1) is 11.0 Å². The van der Waals surface area contributed by atoms with Gasteiger partial charge in [-0.25, -0.2) is 4.98 Å². The fourth-order valence-electron chi connectivity index (χ4n) is 3.68. The van der Waals surface area contributed by atoms with Crippen molar-refractivity contribution >= 4 is 40.0 Å². The minimum absolute atomic E-state index is 0. The first kappa shape index (κ1) is 20.2. The molecular formula is C23H26ClN3O. The van der Waals surface area contributed by atoms with Crippen LogP contribution >= 0.6 is 12.4 Å². The van der Waals surface area contributed by atoms with Gasteiger partial charge in [-0.1, -0.05) is 36.4 Å². The zero-order valence-corrected chi connectivity index (χ0v) is 17.1. The molecule has 2 aromatic carbocycles. The molecule has 4 rings (SSSR count). The van der Waals surface area contributed by atoms with Crippen molar-refractivity contribution in [2.45, 2.75) is 26.7 Å². The molecule has 0 saturated carbocycles. The summed E-state index contributed by atoms with van der Waals surface area (Å²) in [6.45, 7) is 5.28. The zero-order chi connectivity index (χ0) is 18.8. The molecule has 2 N–H and O–H groups in total. The van der Waals surface area contributed by atoms with Crippen LogP contribution in [0.2, 0.25) is 0 Å². The Kier molecular flexibility index (Phi) is 6.22. The van der Waals surface area contributed by atoms with Gasteiger partial charge >= 0.3 is 0 Å². The number of nitrogens with one attached hydrogen (secondary N) is 1. The van der Waals surface area contributed by atoms with Crippen LogP contribution in [-0.4, -0.2) is 27.8 Å². The van der Waals surface area contributed by atoms with Crippen molar-refractivity contribution in [3.63, 3.8) is 0 Å². The monoisotopic (exact) mass is 395 g/mol. The van der Waals surface area contributed by atoms with Gasteiger partial charge < -0.3 is 15.0 Å². The van der Waals surface area contributed by atoms with E-state index in [4.69, 9.17) is 10.1 Å². The number of hydrogen-bond acceptors (Lipinski definition) is 3.